The molecule has 1 amide bonds. The van der Waals surface area contributed by atoms with Gasteiger partial charge in [-0.3, -0.25) is 4.79 Å². The summed E-state index contributed by atoms with van der Waals surface area (Å²) in [6.45, 7) is 0. The molecule has 2 aromatic carbocycles. The Morgan fingerprint density at radius 2 is 1.62 bits per heavy atom. The number of hydrogen-bond donors (Lipinski definition) is 2. The highest BCUT2D eigenvalue weighted by molar-refractivity contribution is 7.92. The maximum atomic E-state index is 13.6. The van der Waals surface area contributed by atoms with E-state index in [2.05, 4.69) is 5.32 Å². The molecule has 6 nitrogen and oxygen atoms in total. The molecule has 11 heteroatoms. The van der Waals surface area contributed by atoms with E-state index in [0.717, 1.165) is 12.1 Å². The Hall–Kier alpha value is -2.85. The molecule has 3 atom stereocenters. The Morgan fingerprint density at radius 1 is 1.03 bits per heavy atom. The van der Waals surface area contributed by atoms with Crippen LogP contribution in [0, 0.1) is 29.3 Å². The number of sulfone groups is 1. The third-order valence-corrected chi connectivity index (χ3v) is 9.19. The molecule has 2 aromatic rings. The van der Waals surface area contributed by atoms with Gasteiger partial charge in [-0.2, -0.15) is 0 Å². The lowest BCUT2D eigenvalue weighted by molar-refractivity contribution is -0.131. The number of rotatable bonds is 5. The number of carboxylic acid groups (broad SMARTS) is 1. The molecule has 2 fully saturated rings. The van der Waals surface area contributed by atoms with Crippen LogP contribution in [0.5, 0.6) is 0 Å². The molecule has 2 N–H and O–H groups in total. The Balaban J connectivity index is 1.62. The van der Waals surface area contributed by atoms with Crippen molar-refractivity contribution in [1.29, 1.82) is 0 Å². The Morgan fingerprint density at radius 3 is 2.18 bits per heavy atom. The van der Waals surface area contributed by atoms with Crippen molar-refractivity contribution in [2.45, 2.75) is 35.8 Å². The Labute approximate surface area is 198 Å². The van der Waals surface area contributed by atoms with E-state index in [0.29, 0.717) is 43.4 Å². The van der Waals surface area contributed by atoms with Crippen molar-refractivity contribution in [2.24, 2.45) is 11.8 Å². The summed E-state index contributed by atoms with van der Waals surface area (Å²) in [5, 5.41) is 10.4. The van der Waals surface area contributed by atoms with Gasteiger partial charge in [-0.05, 0) is 55.7 Å². The van der Waals surface area contributed by atoms with E-state index in [-0.39, 0.29) is 33.0 Å². The second-order valence-electron chi connectivity index (χ2n) is 8.51. The maximum absolute atomic E-state index is 13.6. The van der Waals surface area contributed by atoms with E-state index in [1.807, 2.05) is 0 Å². The number of hydrogen-bond acceptors (Lipinski definition) is 4. The number of aliphatic carboxylic acids is 1. The highest BCUT2D eigenvalue weighted by Gasteiger charge is 2.48. The zero-order valence-electron chi connectivity index (χ0n) is 17.5. The molecule has 180 valence electrons. The minimum atomic E-state index is -3.98. The van der Waals surface area contributed by atoms with Crippen LogP contribution >= 0.6 is 11.6 Å². The fraction of sp³-hybridized carbons (Fsp3) is 0.304. The lowest BCUT2D eigenvalue weighted by Gasteiger charge is -2.31. The summed E-state index contributed by atoms with van der Waals surface area (Å²) < 4.78 is 67.2. The van der Waals surface area contributed by atoms with E-state index >= 15 is 0 Å². The van der Waals surface area contributed by atoms with Crippen molar-refractivity contribution >= 4 is 39.0 Å². The van der Waals surface area contributed by atoms with Gasteiger partial charge in [0.1, 0.15) is 0 Å². The van der Waals surface area contributed by atoms with Gasteiger partial charge in [0.25, 0.3) is 5.91 Å². The topological polar surface area (TPSA) is 101 Å². The second kappa shape index (κ2) is 9.07. The summed E-state index contributed by atoms with van der Waals surface area (Å²) in [7, 11) is -3.98. The molecule has 2 unspecified atom stereocenters. The Kier molecular flexibility index (Phi) is 6.48. The number of nitrogens with one attached hydrogen (secondary N) is 1. The first-order chi connectivity index (χ1) is 16.0. The van der Waals surface area contributed by atoms with E-state index in [1.165, 1.54) is 12.1 Å². The fourth-order valence-corrected chi connectivity index (χ4v) is 7.82. The summed E-state index contributed by atoms with van der Waals surface area (Å²) in [6.07, 6.45) is 3.10. The van der Waals surface area contributed by atoms with E-state index < -0.39 is 44.4 Å². The zero-order valence-corrected chi connectivity index (χ0v) is 19.1. The van der Waals surface area contributed by atoms with Crippen LogP contribution in [0.2, 0.25) is 5.02 Å². The third kappa shape index (κ3) is 4.56. The van der Waals surface area contributed by atoms with E-state index in [1.54, 1.807) is 0 Å². The van der Waals surface area contributed by atoms with Gasteiger partial charge < -0.3 is 10.4 Å². The molecule has 34 heavy (non-hydrogen) atoms. The predicted molar refractivity (Wildman–Crippen MR) is 118 cm³/mol. The average Bonchev–Trinajstić information content (AvgIpc) is 3.03. The second-order valence-corrected chi connectivity index (χ2v) is 11.0. The standard InChI is InChI=1S/C23H19ClF3NO5S/c24-16-4-3-14(23(31)28-15-9-17(25)21(27)18(26)10-15)8-19(16)34(32,33)22-12-1-2-13(22)6-11(5-12)7-20(29)30/h3-4,7-10,12-13,22H,1-2,5-6H2,(H,28,31)(H,29,30)/b11-7-/t12?,13-,22?/m0/s1. The van der Waals surface area contributed by atoms with Gasteiger partial charge in [-0.1, -0.05) is 17.2 Å². The number of anilines is 1. The van der Waals surface area contributed by atoms with Crippen LogP contribution in [-0.4, -0.2) is 30.7 Å². The van der Waals surface area contributed by atoms with Gasteiger partial charge in [0.2, 0.25) is 0 Å². The number of benzene rings is 2. The number of carbonyl (C=O) groups is 2. The summed E-state index contributed by atoms with van der Waals surface area (Å²) in [6, 6.07) is 4.81. The highest BCUT2D eigenvalue weighted by atomic mass is 35.5. The molecule has 0 saturated heterocycles. The number of halogens is 4. The third-order valence-electron chi connectivity index (χ3n) is 6.31. The highest BCUT2D eigenvalue weighted by Crippen LogP contribution is 2.50. The van der Waals surface area contributed by atoms with Crippen LogP contribution in [0.3, 0.4) is 0 Å². The molecule has 2 saturated carbocycles. The molecule has 0 spiro atoms. The smallest absolute Gasteiger partial charge is 0.328 e. The van der Waals surface area contributed by atoms with Crippen LogP contribution < -0.4 is 5.32 Å². The molecule has 0 aromatic heterocycles. The zero-order chi connectivity index (χ0) is 24.8. The number of allylic oxidation sites excluding steroid dienone is 1. The summed E-state index contributed by atoms with van der Waals surface area (Å²) in [5.41, 5.74) is 0.232. The quantitative estimate of drug-likeness (QED) is 0.433. The molecule has 4 rings (SSSR count). The first kappa shape index (κ1) is 24.3. The molecule has 2 bridgehead atoms. The van der Waals surface area contributed by atoms with Crippen LogP contribution in [0.25, 0.3) is 0 Å². The van der Waals surface area contributed by atoms with Crippen molar-refractivity contribution in [2.75, 3.05) is 5.32 Å². The summed E-state index contributed by atoms with van der Waals surface area (Å²) in [5.74, 6) is -7.13. The van der Waals surface area contributed by atoms with Crippen molar-refractivity contribution in [1.82, 2.24) is 0 Å². The molecular formula is C23H19ClF3NO5S. The minimum absolute atomic E-state index is 0.0818. The summed E-state index contributed by atoms with van der Waals surface area (Å²) in [4.78, 5) is 23.4. The normalized spacial score (nSPS) is 23.2. The maximum Gasteiger partial charge on any atom is 0.328 e. The van der Waals surface area contributed by atoms with Crippen LogP contribution in [0.4, 0.5) is 18.9 Å². The monoisotopic (exact) mass is 513 g/mol. The molecular weight excluding hydrogens is 495 g/mol. The van der Waals surface area contributed by atoms with Crippen molar-refractivity contribution in [3.05, 3.63) is 70.0 Å². The first-order valence-corrected chi connectivity index (χ1v) is 12.3. The molecule has 0 aliphatic heterocycles. The number of fused-ring (bicyclic) bond motifs is 2. The fourth-order valence-electron chi connectivity index (χ4n) is 4.97. The van der Waals surface area contributed by atoms with Crippen LogP contribution in [0.15, 0.2) is 46.9 Å². The first-order valence-electron chi connectivity index (χ1n) is 10.4. The molecule has 2 aliphatic rings. The van der Waals surface area contributed by atoms with Crippen molar-refractivity contribution in [3.8, 4) is 0 Å². The van der Waals surface area contributed by atoms with E-state index in [9.17, 15) is 31.2 Å². The van der Waals surface area contributed by atoms with Gasteiger partial charge >= 0.3 is 5.97 Å². The van der Waals surface area contributed by atoms with Gasteiger partial charge in [0.05, 0.1) is 15.2 Å². The molecule has 0 heterocycles. The molecule has 2 aliphatic carbocycles. The predicted octanol–water partition coefficient (Wildman–Crippen LogP) is 4.98. The van der Waals surface area contributed by atoms with Crippen molar-refractivity contribution < 1.29 is 36.3 Å². The Bertz CT molecular complexity index is 1290. The summed E-state index contributed by atoms with van der Waals surface area (Å²) >= 11 is 6.20. The van der Waals surface area contributed by atoms with Crippen molar-refractivity contribution in [3.63, 3.8) is 0 Å². The van der Waals surface area contributed by atoms with Crippen LogP contribution in [0.1, 0.15) is 36.0 Å². The van der Waals surface area contributed by atoms with Gasteiger partial charge in [0, 0.05) is 29.5 Å². The van der Waals surface area contributed by atoms with Gasteiger partial charge in [-0.25, -0.2) is 26.4 Å². The van der Waals surface area contributed by atoms with Gasteiger partial charge in [-0.15, -0.1) is 0 Å². The number of amides is 1. The average molecular weight is 514 g/mol. The number of carboxylic acids is 1. The molecule has 0 radical (unpaired) electrons. The van der Waals surface area contributed by atoms with Gasteiger partial charge in [0.15, 0.2) is 27.3 Å². The lowest BCUT2D eigenvalue weighted by atomic mass is 9.84. The minimum Gasteiger partial charge on any atom is -0.478 e. The largest absolute Gasteiger partial charge is 0.478 e. The van der Waals surface area contributed by atoms with E-state index in [4.69, 9.17) is 16.7 Å². The lowest BCUT2D eigenvalue weighted by Crippen LogP contribution is -2.35. The van der Waals surface area contributed by atoms with Crippen LogP contribution in [-0.2, 0) is 14.6 Å². The number of carbonyl (C=O) groups excluding carboxylic acids is 1. The SMILES string of the molecule is O=C(O)/C=C1/CC2CC[C@@H](C1)C2S(=O)(=O)c1cc(C(=O)Nc2cc(F)c(F)c(F)c2)ccc1Cl.